The van der Waals surface area contributed by atoms with Crippen molar-refractivity contribution in [1.29, 1.82) is 0 Å². The summed E-state index contributed by atoms with van der Waals surface area (Å²) in [5, 5.41) is 10.5. The summed E-state index contributed by atoms with van der Waals surface area (Å²) >= 11 is 0. The first-order valence-corrected chi connectivity index (χ1v) is 7.81. The lowest BCUT2D eigenvalue weighted by molar-refractivity contribution is 0.00150. The molecule has 1 fully saturated rings. The van der Waals surface area contributed by atoms with E-state index in [0.29, 0.717) is 18.4 Å². The Balaban J connectivity index is 2.06. The van der Waals surface area contributed by atoms with Crippen molar-refractivity contribution in [2.45, 2.75) is 38.2 Å². The molecule has 0 radical (unpaired) electrons. The van der Waals surface area contributed by atoms with Gasteiger partial charge in [0.2, 0.25) is 0 Å². The number of hydrogen-bond donors (Lipinski definition) is 2. The zero-order valence-electron chi connectivity index (χ0n) is 12.8. The Bertz CT molecular complexity index is 403. The minimum atomic E-state index is -0.551. The molecule has 0 unspecified atom stereocenters. The fraction of sp³-hybridized carbons (Fsp3) is 0.647. The van der Waals surface area contributed by atoms with Crippen molar-refractivity contribution < 1.29 is 5.11 Å². The zero-order chi connectivity index (χ0) is 14.6. The Morgan fingerprint density at radius 3 is 2.40 bits per heavy atom. The van der Waals surface area contributed by atoms with E-state index in [-0.39, 0.29) is 0 Å². The van der Waals surface area contributed by atoms with Gasteiger partial charge in [0, 0.05) is 25.6 Å². The fourth-order valence-corrected chi connectivity index (χ4v) is 3.30. The fourth-order valence-electron chi connectivity index (χ4n) is 3.30. The second-order valence-electron chi connectivity index (χ2n) is 6.14. The molecule has 3 heteroatoms. The van der Waals surface area contributed by atoms with Crippen LogP contribution in [0.1, 0.15) is 38.2 Å². The van der Waals surface area contributed by atoms with E-state index in [2.05, 4.69) is 49.1 Å². The van der Waals surface area contributed by atoms with Crippen LogP contribution in [0.4, 0.5) is 0 Å². The lowest BCUT2D eigenvalue weighted by Gasteiger charge is -2.30. The van der Waals surface area contributed by atoms with E-state index in [0.717, 1.165) is 32.5 Å². The van der Waals surface area contributed by atoms with E-state index >= 15 is 0 Å². The monoisotopic (exact) mass is 276 g/mol. The molecule has 1 aliphatic heterocycles. The van der Waals surface area contributed by atoms with Gasteiger partial charge in [-0.25, -0.2) is 0 Å². The largest absolute Gasteiger partial charge is 0.389 e. The number of rotatable bonds is 6. The molecule has 0 spiro atoms. The highest BCUT2D eigenvalue weighted by molar-refractivity contribution is 5.22. The molecule has 0 aliphatic carbocycles. The molecule has 0 bridgehead atoms. The topological polar surface area (TPSA) is 49.5 Å². The van der Waals surface area contributed by atoms with Gasteiger partial charge in [0.1, 0.15) is 0 Å². The van der Waals surface area contributed by atoms with Crippen molar-refractivity contribution in [3.8, 4) is 0 Å². The van der Waals surface area contributed by atoms with E-state index in [4.69, 9.17) is 5.73 Å². The van der Waals surface area contributed by atoms with Gasteiger partial charge < -0.3 is 10.8 Å². The highest BCUT2D eigenvalue weighted by Crippen LogP contribution is 2.33. The molecule has 1 aliphatic rings. The van der Waals surface area contributed by atoms with Gasteiger partial charge >= 0.3 is 0 Å². The van der Waals surface area contributed by atoms with Crippen LogP contribution in [0, 0.1) is 5.92 Å². The lowest BCUT2D eigenvalue weighted by atomic mass is 9.89. The van der Waals surface area contributed by atoms with Crippen LogP contribution in [0.15, 0.2) is 30.3 Å². The van der Waals surface area contributed by atoms with Crippen molar-refractivity contribution in [1.82, 2.24) is 4.90 Å². The quantitative estimate of drug-likeness (QED) is 0.837. The summed E-state index contributed by atoms with van der Waals surface area (Å²) in [5.74, 6) is 0.995. The summed E-state index contributed by atoms with van der Waals surface area (Å²) in [6.45, 7) is 7.61. The maximum absolute atomic E-state index is 10.5. The Hall–Kier alpha value is -0.900. The normalized spacial score (nSPS) is 24.2. The van der Waals surface area contributed by atoms with Crippen LogP contribution in [0.3, 0.4) is 0 Å². The summed E-state index contributed by atoms with van der Waals surface area (Å²) in [5.41, 5.74) is 6.79. The van der Waals surface area contributed by atoms with E-state index in [1.807, 2.05) is 0 Å². The van der Waals surface area contributed by atoms with Gasteiger partial charge in [-0.05, 0) is 30.9 Å². The van der Waals surface area contributed by atoms with Gasteiger partial charge in [0.05, 0.1) is 5.60 Å². The van der Waals surface area contributed by atoms with Gasteiger partial charge in [-0.1, -0.05) is 44.2 Å². The van der Waals surface area contributed by atoms with Crippen molar-refractivity contribution in [2.75, 3.05) is 26.2 Å². The number of nitrogens with two attached hydrogens (primary N) is 1. The Kier molecular flexibility index (Phi) is 5.19. The minimum absolute atomic E-state index is 0.496. The molecular formula is C17H28N2O. The molecule has 112 valence electrons. The third-order valence-corrected chi connectivity index (χ3v) is 4.88. The van der Waals surface area contributed by atoms with Crippen LogP contribution in [-0.4, -0.2) is 41.8 Å². The van der Waals surface area contributed by atoms with Gasteiger partial charge in [-0.2, -0.15) is 0 Å². The third kappa shape index (κ3) is 3.40. The van der Waals surface area contributed by atoms with E-state index in [1.165, 1.54) is 5.56 Å². The standard InChI is InChI=1S/C17H28N2O/c1-3-17(20,4-2)13-19-11-15(10-18)16(12-19)14-8-6-5-7-9-14/h5-9,15-16,20H,3-4,10-13,18H2,1-2H3/t15-,16+/m1/s1. The number of aliphatic hydroxyl groups is 1. The highest BCUT2D eigenvalue weighted by atomic mass is 16.3. The maximum Gasteiger partial charge on any atom is 0.0768 e. The van der Waals surface area contributed by atoms with Crippen LogP contribution in [-0.2, 0) is 0 Å². The van der Waals surface area contributed by atoms with Crippen molar-refractivity contribution in [2.24, 2.45) is 11.7 Å². The molecule has 1 aromatic rings. The van der Waals surface area contributed by atoms with E-state index in [1.54, 1.807) is 0 Å². The van der Waals surface area contributed by atoms with E-state index in [9.17, 15) is 5.11 Å². The smallest absolute Gasteiger partial charge is 0.0768 e. The molecule has 0 amide bonds. The second kappa shape index (κ2) is 6.70. The second-order valence-corrected chi connectivity index (χ2v) is 6.14. The van der Waals surface area contributed by atoms with Crippen LogP contribution in [0.2, 0.25) is 0 Å². The zero-order valence-corrected chi connectivity index (χ0v) is 12.8. The Morgan fingerprint density at radius 1 is 1.20 bits per heavy atom. The summed E-state index contributed by atoms with van der Waals surface area (Å²) in [6, 6.07) is 10.6. The van der Waals surface area contributed by atoms with Crippen molar-refractivity contribution >= 4 is 0 Å². The van der Waals surface area contributed by atoms with Crippen molar-refractivity contribution in [3.63, 3.8) is 0 Å². The molecule has 0 saturated carbocycles. The maximum atomic E-state index is 10.5. The predicted octanol–water partition coefficient (Wildman–Crippen LogP) is 2.21. The van der Waals surface area contributed by atoms with Gasteiger partial charge in [0.25, 0.3) is 0 Å². The molecule has 20 heavy (non-hydrogen) atoms. The number of β-amino-alcohol motifs (C(OH)–C–C–N with tert-alkyl or cyclic N) is 1. The summed E-state index contributed by atoms with van der Waals surface area (Å²) in [7, 11) is 0. The highest BCUT2D eigenvalue weighted by Gasteiger charge is 2.36. The lowest BCUT2D eigenvalue weighted by Crippen LogP contribution is -2.41. The molecule has 1 saturated heterocycles. The van der Waals surface area contributed by atoms with Crippen LogP contribution in [0.25, 0.3) is 0 Å². The molecular weight excluding hydrogens is 248 g/mol. The molecule has 2 atom stereocenters. The molecule has 3 nitrogen and oxygen atoms in total. The average molecular weight is 276 g/mol. The number of likely N-dealkylation sites (tertiary alicyclic amines) is 1. The molecule has 0 aromatic heterocycles. The van der Waals surface area contributed by atoms with Gasteiger partial charge in [0.15, 0.2) is 0 Å². The van der Waals surface area contributed by atoms with Crippen LogP contribution in [0.5, 0.6) is 0 Å². The predicted molar refractivity (Wildman–Crippen MR) is 83.7 cm³/mol. The number of benzene rings is 1. The Labute approximate surface area is 122 Å². The SMILES string of the molecule is CCC(O)(CC)CN1C[C@@H](CN)[C@H](c2ccccc2)C1. The van der Waals surface area contributed by atoms with Crippen LogP contribution < -0.4 is 5.73 Å². The summed E-state index contributed by atoms with van der Waals surface area (Å²) in [4.78, 5) is 2.39. The average Bonchev–Trinajstić information content (AvgIpc) is 2.90. The molecule has 2 rings (SSSR count). The minimum Gasteiger partial charge on any atom is -0.389 e. The molecule has 3 N–H and O–H groups in total. The first-order valence-electron chi connectivity index (χ1n) is 7.81. The third-order valence-electron chi connectivity index (χ3n) is 4.88. The first-order chi connectivity index (χ1) is 9.61. The van der Waals surface area contributed by atoms with Gasteiger partial charge in [-0.3, -0.25) is 4.90 Å². The summed E-state index contributed by atoms with van der Waals surface area (Å²) < 4.78 is 0. The number of hydrogen-bond acceptors (Lipinski definition) is 3. The van der Waals surface area contributed by atoms with Crippen LogP contribution >= 0.6 is 0 Å². The number of nitrogens with zero attached hydrogens (tertiary/aromatic N) is 1. The first kappa shape index (κ1) is 15.5. The van der Waals surface area contributed by atoms with E-state index < -0.39 is 5.60 Å². The summed E-state index contributed by atoms with van der Waals surface area (Å²) in [6.07, 6.45) is 1.62. The Morgan fingerprint density at radius 2 is 1.85 bits per heavy atom. The molecule has 1 aromatic carbocycles. The van der Waals surface area contributed by atoms with Gasteiger partial charge in [-0.15, -0.1) is 0 Å². The molecule has 1 heterocycles. The van der Waals surface area contributed by atoms with Crippen molar-refractivity contribution in [3.05, 3.63) is 35.9 Å².